The zero-order valence-corrected chi connectivity index (χ0v) is 21.9. The number of halogens is 2. The van der Waals surface area contributed by atoms with Gasteiger partial charge in [-0.2, -0.15) is 0 Å². The fraction of sp³-hybridized carbons (Fsp3) is 0.407. The first kappa shape index (κ1) is 25.7. The second kappa shape index (κ2) is 10.9. The maximum Gasteiger partial charge on any atom is 0.372 e. The molecular formula is C27H28ClFN6O4. The highest BCUT2D eigenvalue weighted by Gasteiger charge is 2.27. The zero-order chi connectivity index (χ0) is 26.9. The molecule has 1 aromatic carbocycles. The summed E-state index contributed by atoms with van der Waals surface area (Å²) in [7, 11) is 0. The minimum Gasteiger partial charge on any atom is -0.475 e. The molecule has 2 fully saturated rings. The summed E-state index contributed by atoms with van der Waals surface area (Å²) in [4.78, 5) is 30.2. The number of carboxylic acid groups (broad SMARTS) is 1. The average molecular weight is 555 g/mol. The Hall–Kier alpha value is -3.54. The summed E-state index contributed by atoms with van der Waals surface area (Å²) in [5.41, 5.74) is 2.42. The van der Waals surface area contributed by atoms with Crippen molar-refractivity contribution in [1.82, 2.24) is 29.4 Å². The molecule has 4 aromatic rings. The van der Waals surface area contributed by atoms with E-state index in [9.17, 15) is 14.3 Å². The Morgan fingerprint density at radius 2 is 2.00 bits per heavy atom. The number of rotatable bonds is 9. The third-order valence-electron chi connectivity index (χ3n) is 7.36. The predicted molar refractivity (Wildman–Crippen MR) is 140 cm³/mol. The zero-order valence-electron chi connectivity index (χ0n) is 21.1. The Balaban J connectivity index is 1.09. The molecule has 5 heterocycles. The molecule has 0 amide bonds. The number of aromatic carboxylic acids is 1. The monoisotopic (exact) mass is 554 g/mol. The molecule has 2 saturated heterocycles. The van der Waals surface area contributed by atoms with E-state index in [2.05, 4.69) is 19.9 Å². The summed E-state index contributed by atoms with van der Waals surface area (Å²) in [6.07, 6.45) is 2.90. The van der Waals surface area contributed by atoms with Crippen molar-refractivity contribution in [3.8, 4) is 5.88 Å². The van der Waals surface area contributed by atoms with Gasteiger partial charge in [0.15, 0.2) is 11.3 Å². The summed E-state index contributed by atoms with van der Waals surface area (Å²) in [6.45, 7) is 3.78. The van der Waals surface area contributed by atoms with E-state index in [1.54, 1.807) is 18.2 Å². The molecule has 204 valence electrons. The highest BCUT2D eigenvalue weighted by molar-refractivity contribution is 6.30. The normalized spacial score (nSPS) is 18.4. The first-order valence-electron chi connectivity index (χ1n) is 13.0. The molecule has 2 N–H and O–H groups in total. The van der Waals surface area contributed by atoms with Gasteiger partial charge < -0.3 is 24.1 Å². The number of aromatic nitrogens is 5. The second-order valence-electron chi connectivity index (χ2n) is 9.96. The summed E-state index contributed by atoms with van der Waals surface area (Å²) in [5, 5.41) is 9.65. The Morgan fingerprint density at radius 3 is 2.72 bits per heavy atom. The van der Waals surface area contributed by atoms with Crippen LogP contribution in [0.25, 0.3) is 11.3 Å². The molecule has 1 unspecified atom stereocenters. The molecule has 0 aliphatic carbocycles. The number of aromatic amines is 1. The van der Waals surface area contributed by atoms with Gasteiger partial charge in [0.1, 0.15) is 18.2 Å². The molecule has 10 nitrogen and oxygen atoms in total. The standard InChI is InChI=1S/C27H28ClFN6O4/c28-18-5-4-17(20(29)12-18)15-39-23-3-1-2-21(30-23)16-6-9-34(10-7-16)14-22-31-24-26(33-25(32-24)27(36)37)35(22)13-19-8-11-38-19/h1-5,12,16,19H,6-11,13-15H2,(H,32,33)(H,36,37). The van der Waals surface area contributed by atoms with Crippen molar-refractivity contribution >= 4 is 28.9 Å². The number of fused-ring (bicyclic) bond motifs is 1. The molecule has 0 bridgehead atoms. The molecule has 39 heavy (non-hydrogen) atoms. The number of carbonyl (C=O) groups is 1. The van der Waals surface area contributed by atoms with Crippen molar-refractivity contribution < 1.29 is 23.8 Å². The van der Waals surface area contributed by atoms with E-state index in [1.807, 2.05) is 16.7 Å². The summed E-state index contributed by atoms with van der Waals surface area (Å²) in [6, 6.07) is 10.2. The number of imidazole rings is 2. The number of nitrogens with one attached hydrogen (secondary N) is 1. The van der Waals surface area contributed by atoms with Gasteiger partial charge >= 0.3 is 5.97 Å². The van der Waals surface area contributed by atoms with Crippen LogP contribution in [-0.4, -0.2) is 66.3 Å². The van der Waals surface area contributed by atoms with Crippen molar-refractivity contribution in [3.63, 3.8) is 0 Å². The van der Waals surface area contributed by atoms with Crippen LogP contribution in [0, 0.1) is 5.82 Å². The second-order valence-corrected chi connectivity index (χ2v) is 10.4. The van der Waals surface area contributed by atoms with Crippen LogP contribution in [0.2, 0.25) is 5.02 Å². The quantitative estimate of drug-likeness (QED) is 0.313. The number of piperidine rings is 1. The van der Waals surface area contributed by atoms with Gasteiger partial charge in [0.25, 0.3) is 0 Å². The number of hydrogen-bond acceptors (Lipinski definition) is 7. The maximum absolute atomic E-state index is 14.1. The Labute approximate surface area is 228 Å². The third kappa shape index (κ3) is 5.61. The molecule has 0 saturated carbocycles. The fourth-order valence-corrected chi connectivity index (χ4v) is 5.25. The lowest BCUT2D eigenvalue weighted by Gasteiger charge is -2.32. The van der Waals surface area contributed by atoms with E-state index in [0.717, 1.165) is 50.5 Å². The van der Waals surface area contributed by atoms with Crippen molar-refractivity contribution in [1.29, 1.82) is 0 Å². The van der Waals surface area contributed by atoms with Crippen molar-refractivity contribution in [3.05, 3.63) is 70.1 Å². The number of hydrogen-bond donors (Lipinski definition) is 2. The minimum absolute atomic E-state index is 0.0767. The van der Waals surface area contributed by atoms with Crippen LogP contribution < -0.4 is 4.74 Å². The predicted octanol–water partition coefficient (Wildman–Crippen LogP) is 4.39. The number of pyridine rings is 1. The summed E-state index contributed by atoms with van der Waals surface area (Å²) in [5.74, 6) is -0.0227. The highest BCUT2D eigenvalue weighted by Crippen LogP contribution is 2.29. The Morgan fingerprint density at radius 1 is 1.18 bits per heavy atom. The first-order valence-corrected chi connectivity index (χ1v) is 13.4. The number of likely N-dealkylation sites (tertiary alicyclic amines) is 1. The van der Waals surface area contributed by atoms with Gasteiger partial charge in [-0.1, -0.05) is 23.7 Å². The number of carboxylic acids is 1. The molecule has 1 atom stereocenters. The van der Waals surface area contributed by atoms with Gasteiger partial charge in [0.2, 0.25) is 11.7 Å². The molecule has 3 aromatic heterocycles. The van der Waals surface area contributed by atoms with E-state index in [0.29, 0.717) is 40.8 Å². The number of nitrogens with zero attached hydrogens (tertiary/aromatic N) is 5. The van der Waals surface area contributed by atoms with Crippen LogP contribution in [0.5, 0.6) is 5.88 Å². The summed E-state index contributed by atoms with van der Waals surface area (Å²) >= 11 is 5.83. The number of ether oxygens (including phenoxy) is 2. The van der Waals surface area contributed by atoms with Crippen molar-refractivity contribution in [2.45, 2.75) is 51.0 Å². The van der Waals surface area contributed by atoms with Crippen molar-refractivity contribution in [2.75, 3.05) is 19.7 Å². The van der Waals surface area contributed by atoms with E-state index in [-0.39, 0.29) is 24.5 Å². The van der Waals surface area contributed by atoms with E-state index in [4.69, 9.17) is 26.1 Å². The van der Waals surface area contributed by atoms with E-state index in [1.165, 1.54) is 6.07 Å². The van der Waals surface area contributed by atoms with Gasteiger partial charge in [0, 0.05) is 34.9 Å². The highest BCUT2D eigenvalue weighted by atomic mass is 35.5. The lowest BCUT2D eigenvalue weighted by molar-refractivity contribution is -0.0592. The number of H-pyrrole nitrogens is 1. The largest absolute Gasteiger partial charge is 0.475 e. The molecule has 2 aliphatic rings. The Bertz CT molecular complexity index is 1490. The average Bonchev–Trinajstić information content (AvgIpc) is 3.45. The van der Waals surface area contributed by atoms with Gasteiger partial charge in [-0.3, -0.25) is 4.90 Å². The van der Waals surface area contributed by atoms with Crippen molar-refractivity contribution in [2.24, 2.45) is 0 Å². The Kier molecular flexibility index (Phi) is 7.20. The molecular weight excluding hydrogens is 527 g/mol. The van der Waals surface area contributed by atoms with Gasteiger partial charge in [-0.15, -0.1) is 0 Å². The fourth-order valence-electron chi connectivity index (χ4n) is 5.09. The SMILES string of the molecule is O=C(O)c1nc2c(nc(CN3CCC(c4cccc(OCc5ccc(Cl)cc5F)n4)CC3)n2CC2CCO2)[nH]1. The molecule has 6 rings (SSSR count). The van der Waals surface area contributed by atoms with E-state index < -0.39 is 11.8 Å². The van der Waals surface area contributed by atoms with Gasteiger partial charge in [0.05, 0.1) is 19.2 Å². The minimum atomic E-state index is -1.11. The van der Waals surface area contributed by atoms with Crippen LogP contribution in [0.3, 0.4) is 0 Å². The summed E-state index contributed by atoms with van der Waals surface area (Å²) < 4.78 is 27.5. The number of benzene rings is 1. The molecule has 2 aliphatic heterocycles. The third-order valence-corrected chi connectivity index (χ3v) is 7.60. The first-order chi connectivity index (χ1) is 18.9. The van der Waals surface area contributed by atoms with Crippen LogP contribution in [0.4, 0.5) is 4.39 Å². The smallest absolute Gasteiger partial charge is 0.372 e. The van der Waals surface area contributed by atoms with Gasteiger partial charge in [-0.25, -0.2) is 24.1 Å². The molecule has 0 spiro atoms. The topological polar surface area (TPSA) is 118 Å². The lowest BCUT2D eigenvalue weighted by Crippen LogP contribution is -2.35. The van der Waals surface area contributed by atoms with E-state index >= 15 is 0 Å². The molecule has 12 heteroatoms. The van der Waals surface area contributed by atoms with Crippen LogP contribution in [0.1, 0.15) is 52.9 Å². The van der Waals surface area contributed by atoms with Crippen LogP contribution >= 0.6 is 11.6 Å². The van der Waals surface area contributed by atoms with Gasteiger partial charge in [-0.05, 0) is 50.6 Å². The maximum atomic E-state index is 14.1. The molecule has 0 radical (unpaired) electrons. The van der Waals surface area contributed by atoms with Crippen LogP contribution in [0.15, 0.2) is 36.4 Å². The lowest BCUT2D eigenvalue weighted by atomic mass is 9.93. The van der Waals surface area contributed by atoms with Crippen LogP contribution in [-0.2, 0) is 24.4 Å².